The number of carbonyl (C=O) groups excluding carboxylic acids is 1. The lowest BCUT2D eigenvalue weighted by atomic mass is 9.92. The zero-order valence-corrected chi connectivity index (χ0v) is 16.4. The molecule has 2 aliphatic rings. The molecule has 2 saturated heterocycles. The number of carbonyl (C=O) groups is 1. The minimum Gasteiger partial charge on any atom is -0.483 e. The minimum atomic E-state index is 0. The van der Waals surface area contributed by atoms with Crippen LogP contribution in [0.1, 0.15) is 43.7 Å². The van der Waals surface area contributed by atoms with Crippen LogP contribution in [0.25, 0.3) is 0 Å². The second-order valence-corrected chi connectivity index (χ2v) is 7.62. The molecule has 0 spiro atoms. The molecule has 140 valence electrons. The molecule has 1 amide bonds. The van der Waals surface area contributed by atoms with Crippen LogP contribution >= 0.6 is 12.4 Å². The van der Waals surface area contributed by atoms with Crippen molar-refractivity contribution in [3.05, 3.63) is 29.3 Å². The first kappa shape index (κ1) is 20.1. The zero-order chi connectivity index (χ0) is 17.1. The number of hydrogen-bond acceptors (Lipinski definition) is 3. The van der Waals surface area contributed by atoms with Crippen molar-refractivity contribution < 1.29 is 9.53 Å². The summed E-state index contributed by atoms with van der Waals surface area (Å²) < 4.78 is 5.93. The van der Waals surface area contributed by atoms with E-state index in [1.165, 1.54) is 5.56 Å². The molecule has 1 aromatic rings. The van der Waals surface area contributed by atoms with E-state index in [4.69, 9.17) is 4.74 Å². The summed E-state index contributed by atoms with van der Waals surface area (Å²) in [7, 11) is 0. The second-order valence-electron chi connectivity index (χ2n) is 7.62. The molecule has 3 rings (SSSR count). The fourth-order valence-electron chi connectivity index (χ4n) is 3.94. The molecular formula is C20H31ClN2O2. The standard InChI is InChI=1S/C20H30N2O2.ClH/c1-14(2)18-5-4-15(3)10-19(18)24-13-20(23)22-8-6-16-11-21-12-17(16)7-9-22;/h4-5,10,14,16-17,21H,6-9,11-13H2,1-3H3;1H/t16-,17+;. The number of hydrogen-bond donors (Lipinski definition) is 1. The van der Waals surface area contributed by atoms with Crippen LogP contribution in [0.15, 0.2) is 18.2 Å². The molecule has 0 saturated carbocycles. The third-order valence-electron chi connectivity index (χ3n) is 5.51. The fraction of sp³-hybridized carbons (Fsp3) is 0.650. The highest BCUT2D eigenvalue weighted by atomic mass is 35.5. The molecule has 0 aliphatic carbocycles. The number of nitrogens with one attached hydrogen (secondary N) is 1. The monoisotopic (exact) mass is 366 g/mol. The normalized spacial score (nSPS) is 23.0. The van der Waals surface area contributed by atoms with Gasteiger partial charge in [-0.15, -0.1) is 12.4 Å². The predicted molar refractivity (Wildman–Crippen MR) is 104 cm³/mol. The van der Waals surface area contributed by atoms with Gasteiger partial charge in [-0.3, -0.25) is 4.79 Å². The summed E-state index contributed by atoms with van der Waals surface area (Å²) in [4.78, 5) is 14.6. The highest BCUT2D eigenvalue weighted by molar-refractivity contribution is 5.85. The van der Waals surface area contributed by atoms with Crippen LogP contribution in [-0.4, -0.2) is 43.6 Å². The van der Waals surface area contributed by atoms with E-state index < -0.39 is 0 Å². The Morgan fingerprint density at radius 1 is 1.24 bits per heavy atom. The summed E-state index contributed by atoms with van der Waals surface area (Å²) in [6, 6.07) is 6.26. The van der Waals surface area contributed by atoms with Crippen molar-refractivity contribution in [2.45, 2.75) is 39.5 Å². The quantitative estimate of drug-likeness (QED) is 0.888. The van der Waals surface area contributed by atoms with Gasteiger partial charge in [-0.2, -0.15) is 0 Å². The molecular weight excluding hydrogens is 336 g/mol. The van der Waals surface area contributed by atoms with Gasteiger partial charge in [-0.25, -0.2) is 0 Å². The Hall–Kier alpha value is -1.26. The number of rotatable bonds is 4. The lowest BCUT2D eigenvalue weighted by molar-refractivity contribution is -0.133. The lowest BCUT2D eigenvalue weighted by Crippen LogP contribution is -2.36. The summed E-state index contributed by atoms with van der Waals surface area (Å²) in [6.45, 7) is 10.5. The molecule has 2 fully saturated rings. The molecule has 2 atom stereocenters. The molecule has 1 aromatic carbocycles. The van der Waals surface area contributed by atoms with Crippen molar-refractivity contribution in [3.8, 4) is 5.75 Å². The highest BCUT2D eigenvalue weighted by Gasteiger charge is 2.31. The van der Waals surface area contributed by atoms with Crippen LogP contribution in [-0.2, 0) is 4.79 Å². The van der Waals surface area contributed by atoms with E-state index in [2.05, 4.69) is 38.2 Å². The Morgan fingerprint density at radius 3 is 2.48 bits per heavy atom. The number of likely N-dealkylation sites (tertiary alicyclic amines) is 1. The first-order valence-corrected chi connectivity index (χ1v) is 9.26. The highest BCUT2D eigenvalue weighted by Crippen LogP contribution is 2.29. The van der Waals surface area contributed by atoms with Crippen LogP contribution in [0.2, 0.25) is 0 Å². The Labute approximate surface area is 157 Å². The lowest BCUT2D eigenvalue weighted by Gasteiger charge is -2.22. The number of amides is 1. The van der Waals surface area contributed by atoms with E-state index >= 15 is 0 Å². The van der Waals surface area contributed by atoms with Gasteiger partial charge in [0.2, 0.25) is 0 Å². The van der Waals surface area contributed by atoms with Crippen molar-refractivity contribution in [3.63, 3.8) is 0 Å². The average molecular weight is 367 g/mol. The number of ether oxygens (including phenoxy) is 1. The number of benzene rings is 1. The van der Waals surface area contributed by atoms with Crippen molar-refractivity contribution in [2.75, 3.05) is 32.8 Å². The smallest absolute Gasteiger partial charge is 0.260 e. The van der Waals surface area contributed by atoms with Gasteiger partial charge < -0.3 is 15.0 Å². The van der Waals surface area contributed by atoms with Crippen molar-refractivity contribution in [1.29, 1.82) is 0 Å². The molecule has 0 bridgehead atoms. The first-order chi connectivity index (χ1) is 11.5. The van der Waals surface area contributed by atoms with Gasteiger partial charge >= 0.3 is 0 Å². The van der Waals surface area contributed by atoms with Gasteiger partial charge in [0, 0.05) is 13.1 Å². The van der Waals surface area contributed by atoms with Crippen LogP contribution in [0.3, 0.4) is 0 Å². The van der Waals surface area contributed by atoms with Crippen molar-refractivity contribution in [1.82, 2.24) is 10.2 Å². The summed E-state index contributed by atoms with van der Waals surface area (Å²) >= 11 is 0. The van der Waals surface area contributed by atoms with Gasteiger partial charge in [0.15, 0.2) is 6.61 Å². The van der Waals surface area contributed by atoms with E-state index in [-0.39, 0.29) is 24.9 Å². The topological polar surface area (TPSA) is 41.6 Å². The molecule has 4 nitrogen and oxygen atoms in total. The van der Waals surface area contributed by atoms with E-state index in [1.54, 1.807) is 0 Å². The fourth-order valence-corrected chi connectivity index (χ4v) is 3.94. The maximum absolute atomic E-state index is 12.6. The van der Waals surface area contributed by atoms with E-state index in [9.17, 15) is 4.79 Å². The Morgan fingerprint density at radius 2 is 1.88 bits per heavy atom. The molecule has 0 radical (unpaired) electrons. The van der Waals surface area contributed by atoms with E-state index in [0.717, 1.165) is 62.2 Å². The van der Waals surface area contributed by atoms with Gasteiger partial charge in [0.25, 0.3) is 5.91 Å². The first-order valence-electron chi connectivity index (χ1n) is 9.26. The van der Waals surface area contributed by atoms with Crippen LogP contribution in [0.5, 0.6) is 5.75 Å². The molecule has 1 N–H and O–H groups in total. The van der Waals surface area contributed by atoms with Crippen LogP contribution in [0, 0.1) is 18.8 Å². The average Bonchev–Trinajstić information content (AvgIpc) is 2.91. The molecule has 2 aliphatic heterocycles. The number of fused-ring (bicyclic) bond motifs is 1. The van der Waals surface area contributed by atoms with E-state index in [0.29, 0.717) is 5.92 Å². The molecule has 25 heavy (non-hydrogen) atoms. The number of aryl methyl sites for hydroxylation is 1. The van der Waals surface area contributed by atoms with Gasteiger partial charge in [-0.1, -0.05) is 26.0 Å². The summed E-state index contributed by atoms with van der Waals surface area (Å²) in [5.41, 5.74) is 2.34. The van der Waals surface area contributed by atoms with Crippen LogP contribution < -0.4 is 10.1 Å². The molecule has 0 aromatic heterocycles. The van der Waals surface area contributed by atoms with Gasteiger partial charge in [0.05, 0.1) is 0 Å². The Balaban J connectivity index is 0.00000225. The van der Waals surface area contributed by atoms with Crippen molar-refractivity contribution in [2.24, 2.45) is 11.8 Å². The van der Waals surface area contributed by atoms with E-state index in [1.807, 2.05) is 11.0 Å². The number of halogens is 1. The largest absolute Gasteiger partial charge is 0.483 e. The summed E-state index contributed by atoms with van der Waals surface area (Å²) in [5.74, 6) is 2.86. The second kappa shape index (κ2) is 8.91. The Kier molecular flexibility index (Phi) is 7.14. The van der Waals surface area contributed by atoms with Gasteiger partial charge in [0.1, 0.15) is 5.75 Å². The number of nitrogens with zero attached hydrogens (tertiary/aromatic N) is 1. The Bertz CT molecular complexity index is 577. The minimum absolute atomic E-state index is 0. The predicted octanol–water partition coefficient (Wildman–Crippen LogP) is 3.38. The van der Waals surface area contributed by atoms with Crippen LogP contribution in [0.4, 0.5) is 0 Å². The maximum Gasteiger partial charge on any atom is 0.260 e. The van der Waals surface area contributed by atoms with Crippen molar-refractivity contribution >= 4 is 18.3 Å². The molecule has 5 heteroatoms. The zero-order valence-electron chi connectivity index (χ0n) is 15.6. The summed E-state index contributed by atoms with van der Waals surface area (Å²) in [5, 5.41) is 3.48. The third kappa shape index (κ3) is 4.89. The maximum atomic E-state index is 12.6. The molecule has 0 unspecified atom stereocenters. The summed E-state index contributed by atoms with van der Waals surface area (Å²) in [6.07, 6.45) is 2.23. The SMILES string of the molecule is Cc1ccc(C(C)C)c(OCC(=O)N2CC[C@@H]3CNC[C@@H]3CC2)c1.Cl. The molecule has 2 heterocycles. The van der Waals surface area contributed by atoms with Gasteiger partial charge in [-0.05, 0) is 67.8 Å². The third-order valence-corrected chi connectivity index (χ3v) is 5.51.